The fraction of sp³-hybridized carbons (Fsp3) is 0.0417. The van der Waals surface area contributed by atoms with E-state index in [1.165, 1.54) is 41.3 Å². The van der Waals surface area contributed by atoms with Gasteiger partial charge in [0.1, 0.15) is 5.69 Å². The average molecular weight is 474 g/mol. The molecule has 2 aromatic heterocycles. The second-order valence-corrected chi connectivity index (χ2v) is 9.34. The third-order valence-electron chi connectivity index (χ3n) is 5.32. The van der Waals surface area contributed by atoms with E-state index in [2.05, 4.69) is 10.3 Å². The molecule has 3 aromatic carbocycles. The maximum absolute atomic E-state index is 13.5. The number of carboxylic acids is 1. The van der Waals surface area contributed by atoms with Crippen molar-refractivity contribution in [1.29, 1.82) is 0 Å². The molecular formula is C24H18N4O5S. The van der Waals surface area contributed by atoms with Crippen molar-refractivity contribution in [2.24, 2.45) is 0 Å². The summed E-state index contributed by atoms with van der Waals surface area (Å²) in [6.07, 6.45) is 4.44. The summed E-state index contributed by atoms with van der Waals surface area (Å²) in [5.41, 5.74) is 1.57. The molecule has 5 aromatic rings. The standard InChI is InChI=1S/C24H18N4O5S/c1-16-9-11-17(12-10-16)34(31,32)28-15-22(23-18(24(29)30)5-4-7-20(23)28)33-21-8-3-2-6-19(21)27-14-13-25-26-27/h2-15H,1H3,(H,29,30). The number of aromatic nitrogens is 4. The second-order valence-electron chi connectivity index (χ2n) is 7.53. The Kier molecular flexibility index (Phi) is 5.14. The first kappa shape index (κ1) is 21.4. The highest BCUT2D eigenvalue weighted by molar-refractivity contribution is 7.90. The first-order chi connectivity index (χ1) is 16.4. The van der Waals surface area contributed by atoms with Crippen molar-refractivity contribution in [1.82, 2.24) is 19.0 Å². The normalized spacial score (nSPS) is 11.6. The largest absolute Gasteiger partial charge is 0.478 e. The lowest BCUT2D eigenvalue weighted by molar-refractivity contribution is 0.0699. The Bertz CT molecular complexity index is 1620. The van der Waals surface area contributed by atoms with Crippen LogP contribution in [0, 0.1) is 6.92 Å². The summed E-state index contributed by atoms with van der Waals surface area (Å²) in [5, 5.41) is 17.8. The predicted octanol–water partition coefficient (Wildman–Crippen LogP) is 4.26. The molecule has 0 saturated heterocycles. The van der Waals surface area contributed by atoms with E-state index in [4.69, 9.17) is 4.74 Å². The van der Waals surface area contributed by atoms with Gasteiger partial charge in [-0.3, -0.25) is 0 Å². The quantitative estimate of drug-likeness (QED) is 0.391. The van der Waals surface area contributed by atoms with Gasteiger partial charge in [-0.05, 0) is 43.3 Å². The number of hydrogen-bond acceptors (Lipinski definition) is 6. The molecule has 2 heterocycles. The van der Waals surface area contributed by atoms with Gasteiger partial charge in [0.25, 0.3) is 10.0 Å². The molecule has 0 radical (unpaired) electrons. The number of rotatable bonds is 6. The lowest BCUT2D eigenvalue weighted by atomic mass is 10.1. The smallest absolute Gasteiger partial charge is 0.336 e. The van der Waals surface area contributed by atoms with Gasteiger partial charge in [0.15, 0.2) is 11.5 Å². The van der Waals surface area contributed by atoms with E-state index in [1.54, 1.807) is 48.7 Å². The van der Waals surface area contributed by atoms with Crippen LogP contribution in [-0.2, 0) is 10.0 Å². The number of hydrogen-bond donors (Lipinski definition) is 1. The number of aromatic carboxylic acids is 1. The van der Waals surface area contributed by atoms with E-state index in [9.17, 15) is 18.3 Å². The summed E-state index contributed by atoms with van der Waals surface area (Å²) >= 11 is 0. The van der Waals surface area contributed by atoms with Crippen molar-refractivity contribution in [2.75, 3.05) is 0 Å². The molecule has 9 nitrogen and oxygen atoms in total. The van der Waals surface area contributed by atoms with Crippen LogP contribution in [0.15, 0.2) is 90.2 Å². The van der Waals surface area contributed by atoms with Gasteiger partial charge in [0.05, 0.1) is 40.0 Å². The Morgan fingerprint density at radius 3 is 2.44 bits per heavy atom. The highest BCUT2D eigenvalue weighted by Gasteiger charge is 2.25. The summed E-state index contributed by atoms with van der Waals surface area (Å²) < 4.78 is 35.7. The molecule has 0 atom stereocenters. The summed E-state index contributed by atoms with van der Waals surface area (Å²) in [7, 11) is -4.03. The van der Waals surface area contributed by atoms with E-state index in [0.717, 1.165) is 9.54 Å². The number of aryl methyl sites for hydroxylation is 1. The highest BCUT2D eigenvalue weighted by atomic mass is 32.2. The zero-order valence-corrected chi connectivity index (χ0v) is 18.7. The molecule has 0 bridgehead atoms. The summed E-state index contributed by atoms with van der Waals surface area (Å²) in [4.78, 5) is 12.1. The third kappa shape index (κ3) is 3.59. The van der Waals surface area contributed by atoms with Gasteiger partial charge in [0, 0.05) is 0 Å². The number of nitrogens with zero attached hydrogens (tertiary/aromatic N) is 4. The molecule has 0 aliphatic carbocycles. The minimum absolute atomic E-state index is 0.0743. The summed E-state index contributed by atoms with van der Waals surface area (Å²) in [6, 6.07) is 17.8. The highest BCUT2D eigenvalue weighted by Crippen LogP contribution is 2.38. The van der Waals surface area contributed by atoms with E-state index in [1.807, 2.05) is 6.92 Å². The number of ether oxygens (including phenoxy) is 1. The fourth-order valence-corrected chi connectivity index (χ4v) is 5.04. The molecular weight excluding hydrogens is 456 g/mol. The lowest BCUT2D eigenvalue weighted by Gasteiger charge is -2.10. The number of benzene rings is 3. The Morgan fingerprint density at radius 1 is 0.971 bits per heavy atom. The van der Waals surface area contributed by atoms with Crippen LogP contribution < -0.4 is 4.74 Å². The number of fused-ring (bicyclic) bond motifs is 1. The molecule has 1 N–H and O–H groups in total. The average Bonchev–Trinajstić information content (AvgIpc) is 3.49. The van der Waals surface area contributed by atoms with Crippen molar-refractivity contribution < 1.29 is 23.1 Å². The zero-order chi connectivity index (χ0) is 23.9. The van der Waals surface area contributed by atoms with Gasteiger partial charge >= 0.3 is 5.97 Å². The van der Waals surface area contributed by atoms with Gasteiger partial charge in [0.2, 0.25) is 0 Å². The Labute approximate surface area is 194 Å². The molecule has 10 heteroatoms. The van der Waals surface area contributed by atoms with Crippen LogP contribution in [0.25, 0.3) is 16.6 Å². The van der Waals surface area contributed by atoms with Crippen LogP contribution in [-0.4, -0.2) is 38.5 Å². The maximum atomic E-state index is 13.5. The van der Waals surface area contributed by atoms with Crippen LogP contribution in [0.3, 0.4) is 0 Å². The van der Waals surface area contributed by atoms with Gasteiger partial charge in [-0.1, -0.05) is 41.1 Å². The molecule has 0 aliphatic heterocycles. The predicted molar refractivity (Wildman–Crippen MR) is 124 cm³/mol. The Hall–Kier alpha value is -4.44. The molecule has 0 unspecified atom stereocenters. The van der Waals surface area contributed by atoms with E-state index >= 15 is 0 Å². The topological polar surface area (TPSA) is 116 Å². The Morgan fingerprint density at radius 2 is 1.74 bits per heavy atom. The first-order valence-corrected chi connectivity index (χ1v) is 11.6. The third-order valence-corrected chi connectivity index (χ3v) is 7.01. The fourth-order valence-electron chi connectivity index (χ4n) is 3.69. The molecule has 0 fully saturated rings. The van der Waals surface area contributed by atoms with Gasteiger partial charge in [-0.2, -0.15) is 0 Å². The van der Waals surface area contributed by atoms with Gasteiger partial charge < -0.3 is 9.84 Å². The number of carbonyl (C=O) groups is 1. The SMILES string of the molecule is Cc1ccc(S(=O)(=O)n2cc(Oc3ccccc3-n3ccnn3)c3c(C(=O)O)cccc32)cc1. The molecule has 5 rings (SSSR count). The van der Waals surface area contributed by atoms with Crippen molar-refractivity contribution in [2.45, 2.75) is 11.8 Å². The molecule has 0 saturated carbocycles. The second kappa shape index (κ2) is 8.16. The van der Waals surface area contributed by atoms with E-state index < -0.39 is 16.0 Å². The zero-order valence-electron chi connectivity index (χ0n) is 17.9. The number of para-hydroxylation sites is 2. The van der Waals surface area contributed by atoms with Crippen molar-refractivity contribution in [3.05, 3.63) is 96.4 Å². The van der Waals surface area contributed by atoms with Crippen LogP contribution >= 0.6 is 0 Å². The summed E-state index contributed by atoms with van der Waals surface area (Å²) in [6.45, 7) is 1.86. The number of carboxylic acid groups (broad SMARTS) is 1. The van der Waals surface area contributed by atoms with Crippen molar-refractivity contribution in [3.8, 4) is 17.2 Å². The minimum Gasteiger partial charge on any atom is -0.478 e. The lowest BCUT2D eigenvalue weighted by Crippen LogP contribution is -2.12. The minimum atomic E-state index is -4.03. The molecule has 0 amide bonds. The van der Waals surface area contributed by atoms with Crippen molar-refractivity contribution in [3.63, 3.8) is 0 Å². The Balaban J connectivity index is 1.73. The maximum Gasteiger partial charge on any atom is 0.336 e. The van der Waals surface area contributed by atoms with E-state index in [0.29, 0.717) is 11.4 Å². The molecule has 0 spiro atoms. The van der Waals surface area contributed by atoms with E-state index in [-0.39, 0.29) is 27.1 Å². The van der Waals surface area contributed by atoms with Crippen LogP contribution in [0.5, 0.6) is 11.5 Å². The first-order valence-electron chi connectivity index (χ1n) is 10.2. The molecule has 0 aliphatic rings. The monoisotopic (exact) mass is 474 g/mol. The molecule has 170 valence electrons. The van der Waals surface area contributed by atoms with Crippen molar-refractivity contribution >= 4 is 26.9 Å². The van der Waals surface area contributed by atoms with Gasteiger partial charge in [-0.15, -0.1) is 5.10 Å². The van der Waals surface area contributed by atoms with Gasteiger partial charge in [-0.25, -0.2) is 21.9 Å². The summed E-state index contributed by atoms with van der Waals surface area (Å²) in [5.74, 6) is -0.776. The molecule has 34 heavy (non-hydrogen) atoms. The van der Waals surface area contributed by atoms with Crippen LogP contribution in [0.4, 0.5) is 0 Å². The van der Waals surface area contributed by atoms with Crippen LogP contribution in [0.1, 0.15) is 15.9 Å². The van der Waals surface area contributed by atoms with Crippen LogP contribution in [0.2, 0.25) is 0 Å².